The Morgan fingerprint density at radius 2 is 2.00 bits per heavy atom. The molecule has 0 aliphatic carbocycles. The van der Waals surface area contributed by atoms with Crippen LogP contribution in [-0.2, 0) is 11.3 Å². The van der Waals surface area contributed by atoms with Crippen LogP contribution in [0, 0.1) is 0 Å². The van der Waals surface area contributed by atoms with Crippen LogP contribution in [0.15, 0.2) is 29.3 Å². The summed E-state index contributed by atoms with van der Waals surface area (Å²) in [6.07, 6.45) is 2.21. The van der Waals surface area contributed by atoms with Crippen molar-refractivity contribution in [3.05, 3.63) is 29.8 Å². The van der Waals surface area contributed by atoms with Gasteiger partial charge in [-0.15, -0.1) is 24.0 Å². The normalized spacial score (nSPS) is 14.0. The van der Waals surface area contributed by atoms with E-state index >= 15 is 0 Å². The highest BCUT2D eigenvalue weighted by Crippen LogP contribution is 2.13. The fourth-order valence-corrected chi connectivity index (χ4v) is 2.65. The molecule has 0 bridgehead atoms. The number of carbonyl (C=O) groups is 1. The van der Waals surface area contributed by atoms with E-state index in [4.69, 9.17) is 4.74 Å². The SMILES string of the molecule is CCNC(=NCc1cccc(OCC)c1)NCC(=O)N1CCCC1.I. The fraction of sp³-hybridized carbons (Fsp3) is 0.556. The molecule has 25 heavy (non-hydrogen) atoms. The number of hydrogen-bond donors (Lipinski definition) is 2. The first kappa shape index (κ1) is 21.5. The summed E-state index contributed by atoms with van der Waals surface area (Å²) in [4.78, 5) is 18.6. The van der Waals surface area contributed by atoms with Crippen molar-refractivity contribution in [2.75, 3.05) is 32.8 Å². The van der Waals surface area contributed by atoms with Gasteiger partial charge in [0.05, 0.1) is 19.7 Å². The van der Waals surface area contributed by atoms with E-state index in [-0.39, 0.29) is 36.4 Å². The Morgan fingerprint density at radius 1 is 1.24 bits per heavy atom. The molecule has 7 heteroatoms. The number of nitrogens with one attached hydrogen (secondary N) is 2. The first-order valence-corrected chi connectivity index (χ1v) is 8.74. The van der Waals surface area contributed by atoms with Crippen molar-refractivity contribution in [3.63, 3.8) is 0 Å². The second kappa shape index (κ2) is 11.9. The van der Waals surface area contributed by atoms with Gasteiger partial charge in [0, 0.05) is 19.6 Å². The summed E-state index contributed by atoms with van der Waals surface area (Å²) in [7, 11) is 0. The zero-order valence-electron chi connectivity index (χ0n) is 15.1. The molecule has 1 aromatic carbocycles. The topological polar surface area (TPSA) is 66.0 Å². The summed E-state index contributed by atoms with van der Waals surface area (Å²) in [5.74, 6) is 1.65. The second-order valence-corrected chi connectivity index (χ2v) is 5.72. The van der Waals surface area contributed by atoms with Gasteiger partial charge in [-0.1, -0.05) is 12.1 Å². The van der Waals surface area contributed by atoms with Crippen molar-refractivity contribution in [1.29, 1.82) is 0 Å². The summed E-state index contributed by atoms with van der Waals surface area (Å²) in [6, 6.07) is 7.92. The third kappa shape index (κ3) is 7.50. The lowest BCUT2D eigenvalue weighted by Crippen LogP contribution is -2.44. The lowest BCUT2D eigenvalue weighted by Gasteiger charge is -2.17. The lowest BCUT2D eigenvalue weighted by molar-refractivity contribution is -0.128. The van der Waals surface area contributed by atoms with Gasteiger partial charge in [-0.3, -0.25) is 4.79 Å². The molecule has 0 unspecified atom stereocenters. The van der Waals surface area contributed by atoms with E-state index in [0.717, 1.165) is 43.8 Å². The van der Waals surface area contributed by atoms with Gasteiger partial charge >= 0.3 is 0 Å². The first-order chi connectivity index (χ1) is 11.7. The van der Waals surface area contributed by atoms with Crippen LogP contribution in [0.5, 0.6) is 5.75 Å². The predicted octanol–water partition coefficient (Wildman–Crippen LogP) is 2.38. The Balaban J connectivity index is 0.00000312. The lowest BCUT2D eigenvalue weighted by atomic mass is 10.2. The van der Waals surface area contributed by atoms with E-state index < -0.39 is 0 Å². The van der Waals surface area contributed by atoms with Crippen molar-refractivity contribution in [3.8, 4) is 5.75 Å². The van der Waals surface area contributed by atoms with Crippen LogP contribution in [0.4, 0.5) is 0 Å². The van der Waals surface area contributed by atoms with Gasteiger partial charge in [-0.05, 0) is 44.4 Å². The third-order valence-corrected chi connectivity index (χ3v) is 3.84. The number of benzene rings is 1. The van der Waals surface area contributed by atoms with Crippen LogP contribution in [0.25, 0.3) is 0 Å². The molecule has 140 valence electrons. The molecule has 0 atom stereocenters. The van der Waals surface area contributed by atoms with Crippen molar-refractivity contribution in [1.82, 2.24) is 15.5 Å². The van der Waals surface area contributed by atoms with Gasteiger partial charge in [0.1, 0.15) is 5.75 Å². The van der Waals surface area contributed by atoms with Gasteiger partial charge in [-0.25, -0.2) is 4.99 Å². The highest BCUT2D eigenvalue weighted by Gasteiger charge is 2.17. The number of rotatable bonds is 7. The molecule has 0 saturated carbocycles. The average molecular weight is 460 g/mol. The van der Waals surface area contributed by atoms with E-state index in [2.05, 4.69) is 15.6 Å². The Morgan fingerprint density at radius 3 is 2.68 bits per heavy atom. The van der Waals surface area contributed by atoms with Crippen molar-refractivity contribution < 1.29 is 9.53 Å². The number of halogens is 1. The molecule has 1 amide bonds. The summed E-state index contributed by atoms with van der Waals surface area (Å²) in [5.41, 5.74) is 1.07. The van der Waals surface area contributed by atoms with Crippen molar-refractivity contribution >= 4 is 35.8 Å². The Labute approximate surface area is 167 Å². The minimum absolute atomic E-state index is 0. The van der Waals surface area contributed by atoms with Crippen LogP contribution in [-0.4, -0.2) is 49.6 Å². The van der Waals surface area contributed by atoms with E-state index in [9.17, 15) is 4.79 Å². The number of guanidine groups is 1. The molecule has 2 N–H and O–H groups in total. The molecular weight excluding hydrogens is 431 g/mol. The van der Waals surface area contributed by atoms with Crippen LogP contribution < -0.4 is 15.4 Å². The Kier molecular flexibility index (Phi) is 10.3. The number of amides is 1. The number of aliphatic imine (C=N–C) groups is 1. The van der Waals surface area contributed by atoms with Gasteiger partial charge in [0.2, 0.25) is 5.91 Å². The van der Waals surface area contributed by atoms with Gasteiger partial charge in [-0.2, -0.15) is 0 Å². The molecular formula is C18H29IN4O2. The third-order valence-electron chi connectivity index (χ3n) is 3.84. The Hall–Kier alpha value is -1.51. The fourth-order valence-electron chi connectivity index (χ4n) is 2.65. The van der Waals surface area contributed by atoms with Crippen molar-refractivity contribution in [2.45, 2.75) is 33.2 Å². The number of likely N-dealkylation sites (tertiary alicyclic amines) is 1. The standard InChI is InChI=1S/C18H28N4O2.HI/c1-3-19-18(21-14-17(23)22-10-5-6-11-22)20-13-15-8-7-9-16(12-15)24-4-2;/h7-9,12H,3-6,10-11,13-14H2,1-2H3,(H2,19,20,21);1H. The molecule has 1 aromatic rings. The molecule has 6 nitrogen and oxygen atoms in total. The molecule has 1 aliphatic heterocycles. The minimum atomic E-state index is 0. The first-order valence-electron chi connectivity index (χ1n) is 8.74. The van der Waals surface area contributed by atoms with E-state index in [0.29, 0.717) is 19.1 Å². The number of carbonyl (C=O) groups excluding carboxylic acids is 1. The maximum atomic E-state index is 12.1. The predicted molar refractivity (Wildman–Crippen MR) is 112 cm³/mol. The van der Waals surface area contributed by atoms with E-state index in [1.54, 1.807) is 0 Å². The summed E-state index contributed by atoms with van der Waals surface area (Å²) in [6.45, 7) is 7.94. The smallest absolute Gasteiger partial charge is 0.241 e. The van der Waals surface area contributed by atoms with Crippen LogP contribution in [0.3, 0.4) is 0 Å². The zero-order chi connectivity index (χ0) is 17.2. The number of hydrogen-bond acceptors (Lipinski definition) is 3. The molecule has 0 aromatic heterocycles. The van der Waals surface area contributed by atoms with E-state index in [1.165, 1.54) is 0 Å². The van der Waals surface area contributed by atoms with Gasteiger partial charge in [0.25, 0.3) is 0 Å². The summed E-state index contributed by atoms with van der Waals surface area (Å²) in [5, 5.41) is 6.30. The molecule has 0 spiro atoms. The Bertz CT molecular complexity index is 560. The monoisotopic (exact) mass is 460 g/mol. The van der Waals surface area contributed by atoms with Gasteiger partial charge in [0.15, 0.2) is 5.96 Å². The molecule has 1 fully saturated rings. The number of ether oxygens (including phenoxy) is 1. The molecule has 1 aliphatic rings. The largest absolute Gasteiger partial charge is 0.494 e. The van der Waals surface area contributed by atoms with Crippen LogP contribution >= 0.6 is 24.0 Å². The van der Waals surface area contributed by atoms with Crippen LogP contribution in [0.1, 0.15) is 32.3 Å². The summed E-state index contributed by atoms with van der Waals surface area (Å²) < 4.78 is 5.51. The quantitative estimate of drug-likeness (QED) is 0.373. The zero-order valence-corrected chi connectivity index (χ0v) is 17.4. The maximum absolute atomic E-state index is 12.1. The molecule has 1 saturated heterocycles. The molecule has 1 heterocycles. The highest BCUT2D eigenvalue weighted by molar-refractivity contribution is 14.0. The highest BCUT2D eigenvalue weighted by atomic mass is 127. The van der Waals surface area contributed by atoms with Gasteiger partial charge < -0.3 is 20.3 Å². The van der Waals surface area contributed by atoms with Crippen molar-refractivity contribution in [2.24, 2.45) is 4.99 Å². The van der Waals surface area contributed by atoms with Crippen LogP contribution in [0.2, 0.25) is 0 Å². The average Bonchev–Trinajstić information content (AvgIpc) is 3.12. The summed E-state index contributed by atoms with van der Waals surface area (Å²) >= 11 is 0. The molecule has 2 rings (SSSR count). The minimum Gasteiger partial charge on any atom is -0.494 e. The number of nitrogens with zero attached hydrogens (tertiary/aromatic N) is 2. The van der Waals surface area contributed by atoms with E-state index in [1.807, 2.05) is 43.0 Å². The molecule has 0 radical (unpaired) electrons. The second-order valence-electron chi connectivity index (χ2n) is 5.72. The maximum Gasteiger partial charge on any atom is 0.241 e.